The van der Waals surface area contributed by atoms with Crippen LogP contribution in [0.2, 0.25) is 0 Å². The minimum Gasteiger partial charge on any atom is -0.497 e. The lowest BCUT2D eigenvalue weighted by Crippen LogP contribution is -2.50. The molecule has 1 heterocycles. The van der Waals surface area contributed by atoms with E-state index in [9.17, 15) is 9.59 Å². The molecule has 0 spiro atoms. The molecule has 0 saturated carbocycles. The summed E-state index contributed by atoms with van der Waals surface area (Å²) in [5.41, 5.74) is 1.02. The summed E-state index contributed by atoms with van der Waals surface area (Å²) in [4.78, 5) is 29.4. The van der Waals surface area contributed by atoms with Crippen molar-refractivity contribution < 1.29 is 14.3 Å². The Labute approximate surface area is 166 Å². The van der Waals surface area contributed by atoms with Crippen molar-refractivity contribution in [2.75, 3.05) is 40.0 Å². The summed E-state index contributed by atoms with van der Waals surface area (Å²) in [6, 6.07) is 7.27. The maximum Gasteiger partial charge on any atom is 0.242 e. The normalized spacial score (nSPS) is 18.3. The highest BCUT2D eigenvalue weighted by atomic mass is 32.2. The van der Waals surface area contributed by atoms with Crippen LogP contribution in [-0.2, 0) is 9.59 Å². The average Bonchev–Trinajstić information content (AvgIpc) is 3.00. The monoisotopic (exact) mass is 393 g/mol. The Morgan fingerprint density at radius 3 is 2.56 bits per heavy atom. The van der Waals surface area contributed by atoms with E-state index in [1.807, 2.05) is 43.3 Å². The van der Waals surface area contributed by atoms with Gasteiger partial charge in [-0.1, -0.05) is 26.0 Å². The molecule has 0 aromatic heterocycles. The van der Waals surface area contributed by atoms with Gasteiger partial charge in [-0.15, -0.1) is 11.8 Å². The Kier molecular flexibility index (Phi) is 7.98. The highest BCUT2D eigenvalue weighted by molar-refractivity contribution is 8.00. The zero-order chi connectivity index (χ0) is 20.0. The first-order valence-electron chi connectivity index (χ1n) is 9.32. The van der Waals surface area contributed by atoms with Crippen LogP contribution in [0.3, 0.4) is 0 Å². The molecule has 0 bridgehead atoms. The van der Waals surface area contributed by atoms with Gasteiger partial charge in [0.05, 0.1) is 12.9 Å². The number of carbonyl (C=O) groups is 2. The second kappa shape index (κ2) is 9.99. The Morgan fingerprint density at radius 2 is 2.00 bits per heavy atom. The fourth-order valence-corrected chi connectivity index (χ4v) is 4.34. The minimum absolute atomic E-state index is 0.0224. The Hall–Kier alpha value is -1.73. The van der Waals surface area contributed by atoms with Gasteiger partial charge in [-0.25, -0.2) is 0 Å². The van der Waals surface area contributed by atoms with Crippen LogP contribution >= 0.6 is 11.8 Å². The molecule has 2 amide bonds. The molecule has 7 heteroatoms. The number of likely N-dealkylation sites (N-methyl/N-ethyl adjacent to an activating group) is 1. The van der Waals surface area contributed by atoms with E-state index in [-0.39, 0.29) is 17.2 Å². The Bertz CT molecular complexity index is 634. The van der Waals surface area contributed by atoms with E-state index in [4.69, 9.17) is 4.74 Å². The molecule has 0 unspecified atom stereocenters. The van der Waals surface area contributed by atoms with Crippen LogP contribution in [0.4, 0.5) is 0 Å². The molecule has 0 radical (unpaired) electrons. The number of rotatable bonds is 9. The molecule has 1 aliphatic rings. The first-order valence-corrected chi connectivity index (χ1v) is 10.4. The van der Waals surface area contributed by atoms with Crippen LogP contribution in [-0.4, -0.2) is 67.7 Å². The van der Waals surface area contributed by atoms with Crippen LogP contribution in [0.25, 0.3) is 0 Å². The number of hydrogen-bond acceptors (Lipinski definition) is 5. The molecule has 1 saturated heterocycles. The maximum atomic E-state index is 12.9. The van der Waals surface area contributed by atoms with E-state index in [0.29, 0.717) is 24.6 Å². The number of benzene rings is 1. The smallest absolute Gasteiger partial charge is 0.242 e. The number of thioether (sulfide) groups is 1. The van der Waals surface area contributed by atoms with Gasteiger partial charge in [0.15, 0.2) is 0 Å². The van der Waals surface area contributed by atoms with Crippen LogP contribution in [0, 0.1) is 5.92 Å². The molecule has 6 nitrogen and oxygen atoms in total. The topological polar surface area (TPSA) is 61.9 Å². The van der Waals surface area contributed by atoms with Gasteiger partial charge in [-0.3, -0.25) is 9.59 Å². The number of carbonyl (C=O) groups excluding carboxylic acids is 2. The first kappa shape index (κ1) is 21.6. The fraction of sp³-hybridized carbons (Fsp3) is 0.600. The summed E-state index contributed by atoms with van der Waals surface area (Å²) in [6.07, 6.45) is 0.646. The van der Waals surface area contributed by atoms with Gasteiger partial charge in [-0.05, 0) is 44.1 Å². The highest BCUT2D eigenvalue weighted by Gasteiger charge is 2.40. The molecular weight excluding hydrogens is 362 g/mol. The standard InChI is InChI=1S/C20H31N3O3S/c1-14(2)12-17(19(25)21-10-11-22(3)4)23-18(24)13-27-20(23)15-6-8-16(26-5)9-7-15/h6-9,14,17,20H,10-13H2,1-5H3,(H,21,25)/t17-,20-/m0/s1. The van der Waals surface area contributed by atoms with E-state index in [2.05, 4.69) is 19.2 Å². The maximum absolute atomic E-state index is 12.9. The average molecular weight is 394 g/mol. The third-order valence-electron chi connectivity index (χ3n) is 4.50. The molecule has 1 aromatic carbocycles. The van der Waals surface area contributed by atoms with Gasteiger partial charge in [-0.2, -0.15) is 0 Å². The van der Waals surface area contributed by atoms with Gasteiger partial charge in [0, 0.05) is 13.1 Å². The summed E-state index contributed by atoms with van der Waals surface area (Å²) >= 11 is 1.57. The SMILES string of the molecule is COc1ccc([C@@H]2SCC(=O)N2[C@@H](CC(C)C)C(=O)NCCN(C)C)cc1. The van der Waals surface area contributed by atoms with Crippen molar-refractivity contribution >= 4 is 23.6 Å². The second-order valence-electron chi connectivity index (χ2n) is 7.48. The van der Waals surface area contributed by atoms with Crippen LogP contribution in [0.5, 0.6) is 5.75 Å². The Morgan fingerprint density at radius 1 is 1.33 bits per heavy atom. The number of nitrogens with one attached hydrogen (secondary N) is 1. The highest BCUT2D eigenvalue weighted by Crippen LogP contribution is 2.41. The number of methoxy groups -OCH3 is 1. The van der Waals surface area contributed by atoms with E-state index in [1.165, 1.54) is 0 Å². The lowest BCUT2D eigenvalue weighted by molar-refractivity contribution is -0.139. The van der Waals surface area contributed by atoms with Crippen molar-refractivity contribution in [2.45, 2.75) is 31.7 Å². The third kappa shape index (κ3) is 5.87. The lowest BCUT2D eigenvalue weighted by atomic mass is 10.0. The van der Waals surface area contributed by atoms with Gasteiger partial charge >= 0.3 is 0 Å². The number of amides is 2. The van der Waals surface area contributed by atoms with Gasteiger partial charge in [0.1, 0.15) is 17.2 Å². The summed E-state index contributed by atoms with van der Waals surface area (Å²) in [5.74, 6) is 1.44. The van der Waals surface area contributed by atoms with Crippen molar-refractivity contribution in [1.82, 2.24) is 15.1 Å². The van der Waals surface area contributed by atoms with E-state index in [1.54, 1.807) is 23.8 Å². The number of nitrogens with zero attached hydrogens (tertiary/aromatic N) is 2. The zero-order valence-corrected chi connectivity index (χ0v) is 17.7. The van der Waals surface area contributed by atoms with E-state index < -0.39 is 6.04 Å². The van der Waals surface area contributed by atoms with Crippen molar-refractivity contribution in [2.24, 2.45) is 5.92 Å². The molecule has 1 aliphatic heterocycles. The molecule has 27 heavy (non-hydrogen) atoms. The van der Waals surface area contributed by atoms with Gasteiger partial charge in [0.2, 0.25) is 11.8 Å². The van der Waals surface area contributed by atoms with E-state index in [0.717, 1.165) is 17.9 Å². The molecular formula is C20H31N3O3S. The van der Waals surface area contributed by atoms with Crippen molar-refractivity contribution in [1.29, 1.82) is 0 Å². The van der Waals surface area contributed by atoms with E-state index >= 15 is 0 Å². The van der Waals surface area contributed by atoms with Crippen molar-refractivity contribution in [3.8, 4) is 5.75 Å². The quantitative estimate of drug-likeness (QED) is 0.698. The molecule has 1 aromatic rings. The Balaban J connectivity index is 2.21. The van der Waals surface area contributed by atoms with Crippen molar-refractivity contribution in [3.63, 3.8) is 0 Å². The predicted molar refractivity (Wildman–Crippen MR) is 110 cm³/mol. The summed E-state index contributed by atoms with van der Waals surface area (Å²) in [5, 5.41) is 2.86. The molecule has 1 fully saturated rings. The van der Waals surface area contributed by atoms with Gasteiger partial charge in [0.25, 0.3) is 0 Å². The van der Waals surface area contributed by atoms with Gasteiger partial charge < -0.3 is 19.9 Å². The largest absolute Gasteiger partial charge is 0.497 e. The van der Waals surface area contributed by atoms with Crippen molar-refractivity contribution in [3.05, 3.63) is 29.8 Å². The minimum atomic E-state index is -0.457. The predicted octanol–water partition coefficient (Wildman–Crippen LogP) is 2.36. The van der Waals surface area contributed by atoms with Crippen LogP contribution in [0.15, 0.2) is 24.3 Å². The van der Waals surface area contributed by atoms with Crippen LogP contribution in [0.1, 0.15) is 31.2 Å². The lowest BCUT2D eigenvalue weighted by Gasteiger charge is -2.33. The van der Waals surface area contributed by atoms with Crippen LogP contribution < -0.4 is 10.1 Å². The molecule has 150 valence electrons. The molecule has 1 N–H and O–H groups in total. The molecule has 2 atom stereocenters. The summed E-state index contributed by atoms with van der Waals surface area (Å²) in [6.45, 7) is 5.50. The number of hydrogen-bond donors (Lipinski definition) is 1. The first-order chi connectivity index (χ1) is 12.8. The fourth-order valence-electron chi connectivity index (χ4n) is 3.11. The zero-order valence-electron chi connectivity index (χ0n) is 16.9. The third-order valence-corrected chi connectivity index (χ3v) is 5.73. The molecule has 0 aliphatic carbocycles. The molecule has 2 rings (SSSR count). The number of ether oxygens (including phenoxy) is 1. The summed E-state index contributed by atoms with van der Waals surface area (Å²) in [7, 11) is 5.57. The summed E-state index contributed by atoms with van der Waals surface area (Å²) < 4.78 is 5.23. The second-order valence-corrected chi connectivity index (χ2v) is 8.55.